The van der Waals surface area contributed by atoms with Crippen molar-refractivity contribution >= 4 is 46.9 Å². The number of aliphatic hydroxyl groups is 1. The van der Waals surface area contributed by atoms with Crippen LogP contribution in [-0.4, -0.2) is 84.0 Å². The van der Waals surface area contributed by atoms with Crippen molar-refractivity contribution < 1.29 is 34.2 Å². The SMILES string of the molecule is Cc1ccc(C=Cc2cc(N(C)C)c3c(c2O)C(=O)C2C(=O)[C@@]4(O)C(=O)C(C(N)=O)C(=O)[C@H](N(C)C)[C@H]4C[C@H]2C3)cc1. The Kier molecular flexibility index (Phi) is 7.19. The predicted octanol–water partition coefficient (Wildman–Crippen LogP) is 1.41. The summed E-state index contributed by atoms with van der Waals surface area (Å²) in [5.74, 6) is -10.6. The molecule has 2 saturated carbocycles. The number of carbonyl (C=O) groups excluding carboxylic acids is 5. The number of phenols is 1. The van der Waals surface area contributed by atoms with Crippen molar-refractivity contribution in [3.05, 3.63) is 58.1 Å². The van der Waals surface area contributed by atoms with Gasteiger partial charge in [-0.1, -0.05) is 42.0 Å². The molecule has 3 aliphatic rings. The molecular weight excluding hydrogens is 538 g/mol. The quantitative estimate of drug-likeness (QED) is 0.355. The van der Waals surface area contributed by atoms with E-state index in [9.17, 15) is 34.2 Å². The van der Waals surface area contributed by atoms with Gasteiger partial charge in [0.2, 0.25) is 5.91 Å². The highest BCUT2D eigenvalue weighted by atomic mass is 16.3. The van der Waals surface area contributed by atoms with Gasteiger partial charge in [0.05, 0.1) is 17.5 Å². The van der Waals surface area contributed by atoms with Crippen molar-refractivity contribution in [3.63, 3.8) is 0 Å². The van der Waals surface area contributed by atoms with Crippen LogP contribution in [0.2, 0.25) is 0 Å². The average Bonchev–Trinajstić information content (AvgIpc) is 2.90. The molecule has 2 aromatic carbocycles. The number of anilines is 1. The highest BCUT2D eigenvalue weighted by Crippen LogP contribution is 2.52. The monoisotopic (exact) mass is 573 g/mol. The van der Waals surface area contributed by atoms with Crippen LogP contribution >= 0.6 is 0 Å². The minimum atomic E-state index is -2.75. The molecule has 0 radical (unpaired) electrons. The zero-order valence-electron chi connectivity index (χ0n) is 24.2. The number of nitrogens with zero attached hydrogens (tertiary/aromatic N) is 2. The minimum absolute atomic E-state index is 0.00655. The molecule has 0 aliphatic heterocycles. The van der Waals surface area contributed by atoms with Crippen LogP contribution in [0.4, 0.5) is 5.69 Å². The number of primary amides is 1. The van der Waals surface area contributed by atoms with E-state index < -0.39 is 64.4 Å². The number of rotatable bonds is 5. The lowest BCUT2D eigenvalue weighted by Crippen LogP contribution is -2.74. The van der Waals surface area contributed by atoms with Gasteiger partial charge in [0, 0.05) is 31.3 Å². The summed E-state index contributed by atoms with van der Waals surface area (Å²) in [7, 11) is 6.74. The van der Waals surface area contributed by atoms with Crippen LogP contribution in [0.5, 0.6) is 5.75 Å². The molecule has 5 rings (SSSR count). The van der Waals surface area contributed by atoms with Crippen LogP contribution in [0.3, 0.4) is 0 Å². The zero-order valence-corrected chi connectivity index (χ0v) is 24.2. The highest BCUT2D eigenvalue weighted by Gasteiger charge is 2.69. The van der Waals surface area contributed by atoms with E-state index in [0.717, 1.165) is 11.1 Å². The number of aromatic hydroxyl groups is 1. The third-order valence-corrected chi connectivity index (χ3v) is 9.08. The fourth-order valence-corrected chi connectivity index (χ4v) is 7.06. The van der Waals surface area contributed by atoms with E-state index in [1.54, 1.807) is 32.3 Å². The second-order valence-electron chi connectivity index (χ2n) is 12.1. The molecule has 1 amide bonds. The maximum atomic E-state index is 14.1. The Balaban J connectivity index is 1.63. The van der Waals surface area contributed by atoms with Crippen molar-refractivity contribution in [2.75, 3.05) is 33.1 Å². The van der Waals surface area contributed by atoms with Gasteiger partial charge in [-0.25, -0.2) is 0 Å². The van der Waals surface area contributed by atoms with Gasteiger partial charge in [-0.05, 0) is 57.0 Å². The van der Waals surface area contributed by atoms with Crippen LogP contribution < -0.4 is 10.6 Å². The summed E-state index contributed by atoms with van der Waals surface area (Å²) in [6.45, 7) is 1.98. The summed E-state index contributed by atoms with van der Waals surface area (Å²) < 4.78 is 0. The Morgan fingerprint density at radius 2 is 1.67 bits per heavy atom. The first-order valence-electron chi connectivity index (χ1n) is 13.9. The number of fused-ring (bicyclic) bond motifs is 3. The van der Waals surface area contributed by atoms with Crippen LogP contribution in [0.25, 0.3) is 12.2 Å². The first-order chi connectivity index (χ1) is 19.7. The van der Waals surface area contributed by atoms with Crippen LogP contribution in [0, 0.1) is 30.6 Å². The molecule has 4 N–H and O–H groups in total. The van der Waals surface area contributed by atoms with E-state index >= 15 is 0 Å². The third-order valence-electron chi connectivity index (χ3n) is 9.08. The largest absolute Gasteiger partial charge is 0.507 e. The van der Waals surface area contributed by atoms with Crippen molar-refractivity contribution in [3.8, 4) is 5.75 Å². The molecule has 0 spiro atoms. The summed E-state index contributed by atoms with van der Waals surface area (Å²) in [6.07, 6.45) is 3.70. The molecule has 2 fully saturated rings. The molecule has 0 saturated heterocycles. The van der Waals surface area contributed by atoms with Gasteiger partial charge >= 0.3 is 0 Å². The van der Waals surface area contributed by atoms with Crippen molar-refractivity contribution in [2.45, 2.75) is 31.4 Å². The van der Waals surface area contributed by atoms with Crippen molar-refractivity contribution in [1.29, 1.82) is 0 Å². The van der Waals surface area contributed by atoms with Gasteiger partial charge in [0.15, 0.2) is 34.7 Å². The number of hydrogen-bond donors (Lipinski definition) is 3. The molecule has 0 bridgehead atoms. The first-order valence-corrected chi connectivity index (χ1v) is 13.9. The van der Waals surface area contributed by atoms with E-state index in [4.69, 9.17) is 5.73 Å². The minimum Gasteiger partial charge on any atom is -0.507 e. The fourth-order valence-electron chi connectivity index (χ4n) is 7.06. The summed E-state index contributed by atoms with van der Waals surface area (Å²) in [6, 6.07) is 8.40. The van der Waals surface area contributed by atoms with E-state index in [1.807, 2.05) is 50.2 Å². The van der Waals surface area contributed by atoms with Gasteiger partial charge in [-0.3, -0.25) is 28.9 Å². The summed E-state index contributed by atoms with van der Waals surface area (Å²) >= 11 is 0. The Morgan fingerprint density at radius 3 is 2.24 bits per heavy atom. The van der Waals surface area contributed by atoms with Crippen LogP contribution in [0.15, 0.2) is 30.3 Å². The molecule has 2 aromatic rings. The second-order valence-corrected chi connectivity index (χ2v) is 12.1. The van der Waals surface area contributed by atoms with Gasteiger partial charge in [-0.2, -0.15) is 0 Å². The summed E-state index contributed by atoms with van der Waals surface area (Å²) in [5, 5.41) is 23.1. The van der Waals surface area contributed by atoms with E-state index in [1.165, 1.54) is 4.90 Å². The summed E-state index contributed by atoms with van der Waals surface area (Å²) in [4.78, 5) is 70.4. The lowest BCUT2D eigenvalue weighted by Gasteiger charge is -2.52. The smallest absolute Gasteiger partial charge is 0.235 e. The fraction of sp³-hybridized carbons (Fsp3) is 0.406. The first kappa shape index (κ1) is 29.3. The van der Waals surface area contributed by atoms with Gasteiger partial charge in [0.1, 0.15) is 5.75 Å². The number of carbonyl (C=O) groups is 5. The standard InChI is InChI=1S/C32H35N3O7/c1-15-6-8-16(9-7-15)10-11-17-14-21(34(2)3)19-12-18-13-20-25(35(4)5)28(38)24(31(33)41)30(40)32(20,42)29(39)22(18)27(37)23(19)26(17)36/h6-11,14,18,20,22,24-25,36,42H,12-13H2,1-5H3,(H2,33,41)/t18-,20-,22?,24?,25-,32-/m1/s1. The number of nitrogens with two attached hydrogens (primary N) is 1. The zero-order chi connectivity index (χ0) is 30.8. The predicted molar refractivity (Wildman–Crippen MR) is 156 cm³/mol. The molecule has 0 heterocycles. The van der Waals surface area contributed by atoms with Crippen molar-refractivity contribution in [2.24, 2.45) is 29.4 Å². The topological polar surface area (TPSA) is 158 Å². The number of benzene rings is 2. The number of Topliss-reactive ketones (excluding diaryl/α,β-unsaturated/α-hetero) is 4. The Labute approximate surface area is 243 Å². The summed E-state index contributed by atoms with van der Waals surface area (Å²) in [5.41, 5.74) is 6.19. The molecule has 6 atom stereocenters. The average molecular weight is 574 g/mol. The Bertz CT molecular complexity index is 1560. The number of likely N-dealkylation sites (N-methyl/N-ethyl adjacent to an activating group) is 1. The lowest BCUT2D eigenvalue weighted by atomic mass is 9.52. The molecule has 2 unspecified atom stereocenters. The molecule has 3 aliphatic carbocycles. The van der Waals surface area contributed by atoms with E-state index in [-0.39, 0.29) is 24.2 Å². The van der Waals surface area contributed by atoms with Gasteiger partial charge < -0.3 is 20.8 Å². The van der Waals surface area contributed by atoms with Gasteiger partial charge in [-0.15, -0.1) is 0 Å². The molecule has 0 aromatic heterocycles. The molecule has 220 valence electrons. The lowest BCUT2D eigenvalue weighted by molar-refractivity contribution is -0.181. The second kappa shape index (κ2) is 10.3. The maximum absolute atomic E-state index is 14.1. The van der Waals surface area contributed by atoms with Crippen LogP contribution in [0.1, 0.15) is 39.0 Å². The normalized spacial score (nSPS) is 29.0. The Hall–Kier alpha value is -4.15. The number of aryl methyl sites for hydroxylation is 1. The number of ketones is 4. The molecule has 10 heteroatoms. The maximum Gasteiger partial charge on any atom is 0.235 e. The van der Waals surface area contributed by atoms with Gasteiger partial charge in [0.25, 0.3) is 0 Å². The van der Waals surface area contributed by atoms with Crippen LogP contribution in [-0.2, 0) is 25.6 Å². The highest BCUT2D eigenvalue weighted by molar-refractivity contribution is 6.32. The molecular formula is C32H35N3O7. The Morgan fingerprint density at radius 1 is 1.02 bits per heavy atom. The molecule has 10 nitrogen and oxygen atoms in total. The van der Waals surface area contributed by atoms with E-state index in [2.05, 4.69) is 0 Å². The van der Waals surface area contributed by atoms with Crippen molar-refractivity contribution in [1.82, 2.24) is 4.90 Å². The number of phenolic OH excluding ortho intramolecular Hbond substituents is 1. The molecule has 42 heavy (non-hydrogen) atoms. The number of amides is 1. The number of hydrogen-bond acceptors (Lipinski definition) is 9. The van der Waals surface area contributed by atoms with E-state index in [0.29, 0.717) is 16.8 Å². The third kappa shape index (κ3) is 4.28.